The van der Waals surface area contributed by atoms with E-state index >= 15 is 0 Å². The van der Waals surface area contributed by atoms with Crippen LogP contribution in [0.1, 0.15) is 11.1 Å². The van der Waals surface area contributed by atoms with Gasteiger partial charge >= 0.3 is 0 Å². The van der Waals surface area contributed by atoms with Gasteiger partial charge in [0.2, 0.25) is 0 Å². The van der Waals surface area contributed by atoms with Crippen molar-refractivity contribution < 1.29 is 14.7 Å². The Hall–Kier alpha value is -2.40. The lowest BCUT2D eigenvalue weighted by molar-refractivity contribution is 0.296. The first kappa shape index (κ1) is 15.0. The summed E-state index contributed by atoms with van der Waals surface area (Å²) in [4.78, 5) is 0. The standard InChI is InChI=1S/C15H15ClN2O3/c1-20-14-7-2-10(15(17)18-19)8-11(14)9-21-13-5-3-12(16)4-6-13/h2-8,19H,9H2,1H3,(H2,17,18). The Morgan fingerprint density at radius 1 is 1.24 bits per heavy atom. The van der Waals surface area contributed by atoms with E-state index in [0.29, 0.717) is 22.1 Å². The number of hydrogen-bond acceptors (Lipinski definition) is 4. The molecule has 0 bridgehead atoms. The molecule has 0 heterocycles. The zero-order valence-electron chi connectivity index (χ0n) is 11.4. The van der Waals surface area contributed by atoms with Crippen molar-refractivity contribution in [3.63, 3.8) is 0 Å². The molecular formula is C15H15ClN2O3. The molecule has 0 aliphatic carbocycles. The average Bonchev–Trinajstić information content (AvgIpc) is 2.53. The van der Waals surface area contributed by atoms with Crippen molar-refractivity contribution in [1.29, 1.82) is 0 Å². The molecule has 0 unspecified atom stereocenters. The van der Waals surface area contributed by atoms with Crippen LogP contribution in [0.4, 0.5) is 0 Å². The van der Waals surface area contributed by atoms with Crippen molar-refractivity contribution >= 4 is 17.4 Å². The summed E-state index contributed by atoms with van der Waals surface area (Å²) < 4.78 is 11.0. The Bertz CT molecular complexity index is 642. The van der Waals surface area contributed by atoms with Crippen LogP contribution in [0.2, 0.25) is 5.02 Å². The molecule has 110 valence electrons. The smallest absolute Gasteiger partial charge is 0.170 e. The second-order valence-electron chi connectivity index (χ2n) is 4.25. The fourth-order valence-corrected chi connectivity index (χ4v) is 1.93. The van der Waals surface area contributed by atoms with Crippen LogP contribution in [-0.4, -0.2) is 18.2 Å². The minimum Gasteiger partial charge on any atom is -0.496 e. The van der Waals surface area contributed by atoms with Gasteiger partial charge in [-0.25, -0.2) is 0 Å². The zero-order chi connectivity index (χ0) is 15.2. The molecule has 2 aromatic carbocycles. The monoisotopic (exact) mass is 306 g/mol. The van der Waals surface area contributed by atoms with Gasteiger partial charge in [0.15, 0.2) is 5.84 Å². The fraction of sp³-hybridized carbons (Fsp3) is 0.133. The third kappa shape index (κ3) is 3.79. The summed E-state index contributed by atoms with van der Waals surface area (Å²) in [6.07, 6.45) is 0. The molecule has 3 N–H and O–H groups in total. The van der Waals surface area contributed by atoms with Gasteiger partial charge < -0.3 is 20.4 Å². The highest BCUT2D eigenvalue weighted by molar-refractivity contribution is 6.30. The van der Waals surface area contributed by atoms with Gasteiger partial charge in [0.05, 0.1) is 7.11 Å². The number of ether oxygens (including phenoxy) is 2. The van der Waals surface area contributed by atoms with Crippen molar-refractivity contribution in [2.45, 2.75) is 6.61 Å². The molecule has 0 amide bonds. The summed E-state index contributed by atoms with van der Waals surface area (Å²) in [5.41, 5.74) is 6.96. The van der Waals surface area contributed by atoms with Crippen LogP contribution in [0, 0.1) is 0 Å². The molecule has 2 rings (SSSR count). The molecule has 0 fully saturated rings. The quantitative estimate of drug-likeness (QED) is 0.385. The summed E-state index contributed by atoms with van der Waals surface area (Å²) in [6.45, 7) is 0.289. The van der Waals surface area contributed by atoms with E-state index in [1.807, 2.05) is 0 Å². The molecule has 0 radical (unpaired) electrons. The number of halogens is 1. The Morgan fingerprint density at radius 3 is 2.57 bits per heavy atom. The molecule has 0 aliphatic heterocycles. The van der Waals surface area contributed by atoms with Crippen LogP contribution in [0.15, 0.2) is 47.6 Å². The number of oxime groups is 1. The third-order valence-electron chi connectivity index (χ3n) is 2.89. The van der Waals surface area contributed by atoms with Gasteiger partial charge in [-0.3, -0.25) is 0 Å². The SMILES string of the molecule is COc1ccc(/C(N)=N/O)cc1COc1ccc(Cl)cc1. The van der Waals surface area contributed by atoms with Crippen molar-refractivity contribution in [2.24, 2.45) is 10.9 Å². The molecule has 5 nitrogen and oxygen atoms in total. The first-order chi connectivity index (χ1) is 10.1. The normalized spacial score (nSPS) is 11.2. The van der Waals surface area contributed by atoms with Crippen molar-refractivity contribution in [2.75, 3.05) is 7.11 Å². The number of nitrogens with two attached hydrogens (primary N) is 1. The Morgan fingerprint density at radius 2 is 1.95 bits per heavy atom. The first-order valence-electron chi connectivity index (χ1n) is 6.17. The van der Waals surface area contributed by atoms with Gasteiger partial charge in [0.1, 0.15) is 18.1 Å². The maximum absolute atomic E-state index is 8.73. The molecule has 0 aliphatic rings. The predicted octanol–water partition coefficient (Wildman–Crippen LogP) is 3.02. The van der Waals surface area contributed by atoms with E-state index in [2.05, 4.69) is 5.16 Å². The minimum absolute atomic E-state index is 0.0328. The van der Waals surface area contributed by atoms with Crippen LogP contribution in [-0.2, 0) is 6.61 Å². The summed E-state index contributed by atoms with van der Waals surface area (Å²) in [5.74, 6) is 1.39. The lowest BCUT2D eigenvalue weighted by atomic mass is 10.1. The van der Waals surface area contributed by atoms with E-state index in [4.69, 9.17) is 32.0 Å². The zero-order valence-corrected chi connectivity index (χ0v) is 12.2. The number of benzene rings is 2. The number of rotatable bonds is 5. The number of hydrogen-bond donors (Lipinski definition) is 2. The lowest BCUT2D eigenvalue weighted by Gasteiger charge is -2.12. The van der Waals surface area contributed by atoms with Gasteiger partial charge in [0, 0.05) is 16.1 Å². The second-order valence-corrected chi connectivity index (χ2v) is 4.69. The van der Waals surface area contributed by atoms with E-state index < -0.39 is 0 Å². The molecular weight excluding hydrogens is 292 g/mol. The molecule has 0 atom stereocenters. The second kappa shape index (κ2) is 6.85. The van der Waals surface area contributed by atoms with Gasteiger partial charge in [-0.2, -0.15) is 0 Å². The van der Waals surface area contributed by atoms with E-state index in [1.165, 1.54) is 0 Å². The summed E-state index contributed by atoms with van der Waals surface area (Å²) in [6, 6.07) is 12.3. The number of methoxy groups -OCH3 is 1. The topological polar surface area (TPSA) is 77.1 Å². The van der Waals surface area contributed by atoms with Crippen LogP contribution < -0.4 is 15.2 Å². The van der Waals surface area contributed by atoms with E-state index in [1.54, 1.807) is 49.6 Å². The highest BCUT2D eigenvalue weighted by atomic mass is 35.5. The van der Waals surface area contributed by atoms with Crippen LogP contribution in [0.5, 0.6) is 11.5 Å². The third-order valence-corrected chi connectivity index (χ3v) is 3.14. The van der Waals surface area contributed by atoms with Gasteiger partial charge in [-0.05, 0) is 42.5 Å². The maximum atomic E-state index is 8.73. The first-order valence-corrected chi connectivity index (χ1v) is 6.55. The summed E-state index contributed by atoms with van der Waals surface area (Å²) >= 11 is 5.82. The Kier molecular flexibility index (Phi) is 4.90. The molecule has 0 aromatic heterocycles. The Labute approximate surface area is 127 Å². The highest BCUT2D eigenvalue weighted by Gasteiger charge is 2.08. The summed E-state index contributed by atoms with van der Waals surface area (Å²) in [7, 11) is 1.57. The van der Waals surface area contributed by atoms with Crippen LogP contribution >= 0.6 is 11.6 Å². The van der Waals surface area contributed by atoms with Gasteiger partial charge in [-0.1, -0.05) is 16.8 Å². The summed E-state index contributed by atoms with van der Waals surface area (Å²) in [5, 5.41) is 12.4. The van der Waals surface area contributed by atoms with Crippen LogP contribution in [0.25, 0.3) is 0 Å². The lowest BCUT2D eigenvalue weighted by Crippen LogP contribution is -2.13. The van der Waals surface area contributed by atoms with Gasteiger partial charge in [0.25, 0.3) is 0 Å². The molecule has 21 heavy (non-hydrogen) atoms. The van der Waals surface area contributed by atoms with Crippen molar-refractivity contribution in [1.82, 2.24) is 0 Å². The molecule has 0 saturated heterocycles. The maximum Gasteiger partial charge on any atom is 0.170 e. The van der Waals surface area contributed by atoms with E-state index in [9.17, 15) is 0 Å². The largest absolute Gasteiger partial charge is 0.496 e. The number of amidine groups is 1. The molecule has 0 spiro atoms. The molecule has 0 saturated carbocycles. The van der Waals surface area contributed by atoms with Gasteiger partial charge in [-0.15, -0.1) is 0 Å². The Balaban J connectivity index is 2.19. The number of nitrogens with zero attached hydrogens (tertiary/aromatic N) is 1. The van der Waals surface area contributed by atoms with E-state index in [-0.39, 0.29) is 12.4 Å². The highest BCUT2D eigenvalue weighted by Crippen LogP contribution is 2.23. The molecule has 2 aromatic rings. The fourth-order valence-electron chi connectivity index (χ4n) is 1.80. The van der Waals surface area contributed by atoms with E-state index in [0.717, 1.165) is 5.56 Å². The molecule has 6 heteroatoms. The van der Waals surface area contributed by atoms with Crippen LogP contribution in [0.3, 0.4) is 0 Å². The average molecular weight is 307 g/mol. The van der Waals surface area contributed by atoms with Crippen molar-refractivity contribution in [3.8, 4) is 11.5 Å². The van der Waals surface area contributed by atoms with Crippen molar-refractivity contribution in [3.05, 3.63) is 58.6 Å². The predicted molar refractivity (Wildman–Crippen MR) is 81.3 cm³/mol. The minimum atomic E-state index is 0.0328.